The van der Waals surface area contributed by atoms with Gasteiger partial charge in [-0.15, -0.1) is 5.11 Å². The molecule has 7 nitrogen and oxygen atoms in total. The number of carbonyl (C=O) groups is 2. The van der Waals surface area contributed by atoms with Crippen molar-refractivity contribution < 1.29 is 24.5 Å². The van der Waals surface area contributed by atoms with Crippen LogP contribution in [0.4, 0.5) is 5.69 Å². The smallest absolute Gasteiger partial charge is 0.362 e. The van der Waals surface area contributed by atoms with Gasteiger partial charge in [0.1, 0.15) is 12.4 Å². The number of nitrogens with zero attached hydrogens (tertiary/aromatic N) is 2. The number of esters is 1. The third-order valence-electron chi connectivity index (χ3n) is 3.13. The molecule has 0 saturated carbocycles. The molecule has 0 aliphatic heterocycles. The van der Waals surface area contributed by atoms with Crippen LogP contribution in [-0.2, 0) is 16.1 Å². The molecule has 25 heavy (non-hydrogen) atoms. The van der Waals surface area contributed by atoms with Crippen LogP contribution in [0.15, 0.2) is 76.3 Å². The molecule has 0 heterocycles. The largest absolute Gasteiger partial charge is 0.510 e. The van der Waals surface area contributed by atoms with Crippen LogP contribution in [0.25, 0.3) is 0 Å². The Hall–Kier alpha value is -3.48. The Balaban J connectivity index is 2.06. The van der Waals surface area contributed by atoms with Crippen LogP contribution in [0, 0.1) is 0 Å². The molecule has 7 heteroatoms. The highest BCUT2D eigenvalue weighted by Crippen LogP contribution is 2.17. The average molecular weight is 340 g/mol. The topological polar surface area (TPSA) is 109 Å². The fourth-order valence-electron chi connectivity index (χ4n) is 1.83. The molecule has 0 radical (unpaired) electrons. The van der Waals surface area contributed by atoms with Gasteiger partial charge in [-0.3, -0.25) is 0 Å². The first kappa shape index (κ1) is 17.9. The average Bonchev–Trinajstić information content (AvgIpc) is 2.61. The van der Waals surface area contributed by atoms with Crippen LogP contribution >= 0.6 is 0 Å². The first-order chi connectivity index (χ1) is 12.0. The first-order valence-corrected chi connectivity index (χ1v) is 7.33. The lowest BCUT2D eigenvalue weighted by Gasteiger charge is -2.05. The van der Waals surface area contributed by atoms with Crippen LogP contribution in [0.1, 0.15) is 22.8 Å². The van der Waals surface area contributed by atoms with Crippen molar-refractivity contribution in [3.63, 3.8) is 0 Å². The van der Waals surface area contributed by atoms with Gasteiger partial charge in [0.25, 0.3) is 0 Å². The summed E-state index contributed by atoms with van der Waals surface area (Å²) in [6.07, 6.45) is 0. The summed E-state index contributed by atoms with van der Waals surface area (Å²) in [7, 11) is 0. The normalized spacial score (nSPS) is 11.9. The summed E-state index contributed by atoms with van der Waals surface area (Å²) in [6.45, 7) is 1.34. The van der Waals surface area contributed by atoms with Crippen LogP contribution in [-0.4, -0.2) is 22.2 Å². The van der Waals surface area contributed by atoms with E-state index in [1.807, 2.05) is 18.2 Å². The Labute approximate surface area is 143 Å². The van der Waals surface area contributed by atoms with Crippen LogP contribution in [0.5, 0.6) is 0 Å². The van der Waals surface area contributed by atoms with Crippen molar-refractivity contribution >= 4 is 17.6 Å². The molecule has 0 bridgehead atoms. The van der Waals surface area contributed by atoms with E-state index in [1.165, 1.54) is 31.2 Å². The number of hydrogen-bond donors (Lipinski definition) is 2. The number of carboxylic acids is 1. The molecule has 0 atom stereocenters. The van der Waals surface area contributed by atoms with Gasteiger partial charge in [-0.25, -0.2) is 9.59 Å². The minimum absolute atomic E-state index is 0.0410. The summed E-state index contributed by atoms with van der Waals surface area (Å²) in [5, 5.41) is 26.0. The number of rotatable bonds is 6. The first-order valence-electron chi connectivity index (χ1n) is 7.33. The lowest BCUT2D eigenvalue weighted by Crippen LogP contribution is -2.08. The van der Waals surface area contributed by atoms with Crippen LogP contribution < -0.4 is 0 Å². The second-order valence-electron chi connectivity index (χ2n) is 5.05. The molecule has 2 aromatic carbocycles. The Morgan fingerprint density at radius 3 is 2.20 bits per heavy atom. The predicted molar refractivity (Wildman–Crippen MR) is 89.5 cm³/mol. The maximum atomic E-state index is 12.1. The Morgan fingerprint density at radius 2 is 1.64 bits per heavy atom. The monoisotopic (exact) mass is 340 g/mol. The zero-order chi connectivity index (χ0) is 18.2. The van der Waals surface area contributed by atoms with E-state index >= 15 is 0 Å². The summed E-state index contributed by atoms with van der Waals surface area (Å²) in [4.78, 5) is 22.8. The molecule has 128 valence electrons. The van der Waals surface area contributed by atoms with Crippen molar-refractivity contribution in [2.45, 2.75) is 13.5 Å². The molecule has 2 aromatic rings. The Morgan fingerprint density at radius 1 is 1.00 bits per heavy atom. The second kappa shape index (κ2) is 8.39. The van der Waals surface area contributed by atoms with Gasteiger partial charge in [-0.2, -0.15) is 5.11 Å². The van der Waals surface area contributed by atoms with Crippen LogP contribution in [0.2, 0.25) is 0 Å². The number of ether oxygens (including phenoxy) is 1. The molecule has 0 spiro atoms. The van der Waals surface area contributed by atoms with Gasteiger partial charge in [0.2, 0.25) is 5.70 Å². The summed E-state index contributed by atoms with van der Waals surface area (Å²) in [5.41, 5.74) is 0.917. The molecule has 0 unspecified atom stereocenters. The summed E-state index contributed by atoms with van der Waals surface area (Å²) in [5.74, 6) is -2.20. The van der Waals surface area contributed by atoms with E-state index in [4.69, 9.17) is 9.84 Å². The minimum Gasteiger partial charge on any atom is -0.510 e. The molecular formula is C18H16N2O5. The van der Waals surface area contributed by atoms with Gasteiger partial charge in [-0.05, 0) is 36.8 Å². The molecular weight excluding hydrogens is 324 g/mol. The van der Waals surface area contributed by atoms with Crippen molar-refractivity contribution in [3.05, 3.63) is 77.2 Å². The molecule has 2 N–H and O–H groups in total. The quantitative estimate of drug-likeness (QED) is 0.357. The fourth-order valence-corrected chi connectivity index (χ4v) is 1.83. The van der Waals surface area contributed by atoms with Gasteiger partial charge in [-0.1, -0.05) is 30.3 Å². The Bertz CT molecular complexity index is 807. The highest BCUT2D eigenvalue weighted by Gasteiger charge is 2.15. The predicted octanol–water partition coefficient (Wildman–Crippen LogP) is 4.00. The molecule has 0 amide bonds. The minimum atomic E-state index is -1.06. The molecule has 0 aliphatic carbocycles. The standard InChI is InChI=1S/C18H16N2O5/c1-12(21)16(18(24)25-11-13-5-3-2-4-6-13)20-19-15-9-7-14(8-10-15)17(22)23/h2-10,21H,11H2,1H3,(H,22,23)/b16-12-,20-19?. The second-order valence-corrected chi connectivity index (χ2v) is 5.05. The lowest BCUT2D eigenvalue weighted by atomic mass is 10.2. The van der Waals surface area contributed by atoms with E-state index in [0.29, 0.717) is 5.69 Å². The number of allylic oxidation sites excluding steroid dienone is 1. The number of aliphatic hydroxyl groups excluding tert-OH is 1. The van der Waals surface area contributed by atoms with Crippen molar-refractivity contribution in [3.8, 4) is 0 Å². The van der Waals surface area contributed by atoms with Gasteiger partial charge >= 0.3 is 11.9 Å². The number of benzene rings is 2. The van der Waals surface area contributed by atoms with E-state index < -0.39 is 11.9 Å². The third kappa shape index (κ3) is 5.28. The number of aromatic carboxylic acids is 1. The van der Waals surface area contributed by atoms with E-state index in [1.54, 1.807) is 12.1 Å². The van der Waals surface area contributed by atoms with Crippen molar-refractivity contribution in [2.75, 3.05) is 0 Å². The van der Waals surface area contributed by atoms with E-state index in [0.717, 1.165) is 5.56 Å². The van der Waals surface area contributed by atoms with E-state index in [2.05, 4.69) is 10.2 Å². The van der Waals surface area contributed by atoms with Crippen LogP contribution in [0.3, 0.4) is 0 Å². The molecule has 0 saturated heterocycles. The zero-order valence-electron chi connectivity index (χ0n) is 13.4. The SMILES string of the molecule is C/C(O)=C(/N=Nc1ccc(C(=O)O)cc1)C(=O)OCc1ccccc1. The van der Waals surface area contributed by atoms with Crippen molar-refractivity contribution in [1.29, 1.82) is 0 Å². The number of carbonyl (C=O) groups excluding carboxylic acids is 1. The maximum absolute atomic E-state index is 12.1. The van der Waals surface area contributed by atoms with Gasteiger partial charge < -0.3 is 14.9 Å². The molecule has 2 rings (SSSR count). The lowest BCUT2D eigenvalue weighted by molar-refractivity contribution is -0.140. The van der Waals surface area contributed by atoms with Gasteiger partial charge in [0.05, 0.1) is 11.3 Å². The van der Waals surface area contributed by atoms with E-state index in [9.17, 15) is 14.7 Å². The van der Waals surface area contributed by atoms with E-state index in [-0.39, 0.29) is 23.6 Å². The molecule has 0 aliphatic rings. The highest BCUT2D eigenvalue weighted by molar-refractivity contribution is 5.88. The third-order valence-corrected chi connectivity index (χ3v) is 3.13. The Kier molecular flexibility index (Phi) is 6.00. The maximum Gasteiger partial charge on any atom is 0.362 e. The van der Waals surface area contributed by atoms with Crippen molar-refractivity contribution in [2.24, 2.45) is 10.2 Å². The zero-order valence-corrected chi connectivity index (χ0v) is 13.4. The number of hydrogen-bond acceptors (Lipinski definition) is 6. The fraction of sp³-hybridized carbons (Fsp3) is 0.111. The summed E-state index contributed by atoms with van der Waals surface area (Å²) < 4.78 is 5.10. The summed E-state index contributed by atoms with van der Waals surface area (Å²) >= 11 is 0. The number of aliphatic hydroxyl groups is 1. The number of azo groups is 1. The summed E-state index contributed by atoms with van der Waals surface area (Å²) in [6, 6.07) is 14.7. The van der Waals surface area contributed by atoms with Gasteiger partial charge in [0.15, 0.2) is 0 Å². The van der Waals surface area contributed by atoms with Crippen molar-refractivity contribution in [1.82, 2.24) is 0 Å². The van der Waals surface area contributed by atoms with Gasteiger partial charge in [0, 0.05) is 0 Å². The number of carboxylic acid groups (broad SMARTS) is 1. The highest BCUT2D eigenvalue weighted by atomic mass is 16.5. The molecule has 0 aromatic heterocycles. The molecule has 0 fully saturated rings.